The van der Waals surface area contributed by atoms with E-state index in [1.165, 1.54) is 10.5 Å². The first-order valence-electron chi connectivity index (χ1n) is 6.00. The van der Waals surface area contributed by atoms with Gasteiger partial charge in [0, 0.05) is 30.3 Å². The van der Waals surface area contributed by atoms with E-state index >= 15 is 0 Å². The number of aliphatic hydroxyl groups is 1. The number of aromatic nitrogens is 2. The number of benzene rings is 1. The van der Waals surface area contributed by atoms with E-state index in [0.717, 1.165) is 5.69 Å². The molecule has 4 heteroatoms. The Morgan fingerprint density at radius 2 is 2.11 bits per heavy atom. The molecule has 0 aliphatic carbocycles. The highest BCUT2D eigenvalue weighted by atomic mass is 32.2. The lowest BCUT2D eigenvalue weighted by Gasteiger charge is -2.10. The van der Waals surface area contributed by atoms with Gasteiger partial charge in [-0.2, -0.15) is 5.10 Å². The second-order valence-electron chi connectivity index (χ2n) is 4.42. The minimum Gasteiger partial charge on any atom is -0.392 e. The molecule has 0 radical (unpaired) electrons. The number of nitrogens with zero attached hydrogens (tertiary/aromatic N) is 2. The molecule has 1 aromatic carbocycles. The molecule has 0 amide bonds. The fraction of sp³-hybridized carbons (Fsp3) is 0.357. The Morgan fingerprint density at radius 3 is 2.78 bits per heavy atom. The second kappa shape index (κ2) is 6.07. The maximum atomic E-state index is 9.99. The summed E-state index contributed by atoms with van der Waals surface area (Å²) in [6.07, 6.45) is 2.15. The fourth-order valence-corrected chi connectivity index (χ4v) is 2.74. The van der Waals surface area contributed by atoms with Crippen molar-refractivity contribution in [3.63, 3.8) is 0 Å². The van der Waals surface area contributed by atoms with Crippen LogP contribution in [0.5, 0.6) is 0 Å². The number of aryl methyl sites for hydroxylation is 2. The summed E-state index contributed by atoms with van der Waals surface area (Å²) in [6.45, 7) is 2.09. The summed E-state index contributed by atoms with van der Waals surface area (Å²) in [5, 5.41) is 14.3. The van der Waals surface area contributed by atoms with E-state index in [2.05, 4.69) is 24.2 Å². The molecule has 96 valence electrons. The normalized spacial score (nSPS) is 12.6. The first-order chi connectivity index (χ1) is 8.65. The Morgan fingerprint density at radius 1 is 1.33 bits per heavy atom. The van der Waals surface area contributed by atoms with Crippen molar-refractivity contribution in [1.29, 1.82) is 0 Å². The lowest BCUT2D eigenvalue weighted by atomic mass is 10.2. The predicted octanol–water partition coefficient (Wildman–Crippen LogP) is 2.42. The smallest absolute Gasteiger partial charge is 0.0690 e. The average Bonchev–Trinajstić information content (AvgIpc) is 2.74. The fourth-order valence-electron chi connectivity index (χ4n) is 1.78. The van der Waals surface area contributed by atoms with Gasteiger partial charge in [-0.15, -0.1) is 11.8 Å². The summed E-state index contributed by atoms with van der Waals surface area (Å²) in [5.41, 5.74) is 2.20. The number of hydrogen-bond donors (Lipinski definition) is 1. The van der Waals surface area contributed by atoms with E-state index in [1.54, 1.807) is 16.4 Å². The number of hydrogen-bond acceptors (Lipinski definition) is 3. The lowest BCUT2D eigenvalue weighted by molar-refractivity contribution is 0.198. The third kappa shape index (κ3) is 3.62. The molecule has 0 aliphatic rings. The summed E-state index contributed by atoms with van der Waals surface area (Å²) in [4.78, 5) is 1.23. The molecule has 1 aromatic heterocycles. The maximum Gasteiger partial charge on any atom is 0.0690 e. The first-order valence-corrected chi connectivity index (χ1v) is 6.99. The Balaban J connectivity index is 1.85. The van der Waals surface area contributed by atoms with Gasteiger partial charge in [-0.3, -0.25) is 4.68 Å². The minimum absolute atomic E-state index is 0.357. The van der Waals surface area contributed by atoms with Crippen LogP contribution in [0, 0.1) is 6.92 Å². The van der Waals surface area contributed by atoms with Crippen molar-refractivity contribution >= 4 is 11.8 Å². The highest BCUT2D eigenvalue weighted by molar-refractivity contribution is 7.99. The van der Waals surface area contributed by atoms with Crippen molar-refractivity contribution in [1.82, 2.24) is 9.78 Å². The maximum absolute atomic E-state index is 9.99. The number of rotatable bonds is 5. The minimum atomic E-state index is -0.357. The van der Waals surface area contributed by atoms with Gasteiger partial charge in [0.2, 0.25) is 0 Å². The topological polar surface area (TPSA) is 38.0 Å². The van der Waals surface area contributed by atoms with E-state index in [4.69, 9.17) is 0 Å². The Bertz CT molecular complexity index is 510. The van der Waals surface area contributed by atoms with Gasteiger partial charge in [-0.25, -0.2) is 0 Å². The van der Waals surface area contributed by atoms with Crippen molar-refractivity contribution < 1.29 is 5.11 Å². The van der Waals surface area contributed by atoms with Gasteiger partial charge in [-0.1, -0.05) is 18.2 Å². The third-order valence-electron chi connectivity index (χ3n) is 2.74. The molecule has 1 atom stereocenters. The Hall–Kier alpha value is -1.26. The molecule has 18 heavy (non-hydrogen) atoms. The molecule has 1 N–H and O–H groups in total. The van der Waals surface area contributed by atoms with Crippen LogP contribution in [-0.4, -0.2) is 26.7 Å². The van der Waals surface area contributed by atoms with Gasteiger partial charge in [-0.05, 0) is 24.6 Å². The summed E-state index contributed by atoms with van der Waals surface area (Å²) >= 11 is 1.70. The van der Waals surface area contributed by atoms with Gasteiger partial charge in [0.1, 0.15) is 0 Å². The molecule has 0 saturated carbocycles. The zero-order valence-corrected chi connectivity index (χ0v) is 11.5. The van der Waals surface area contributed by atoms with Gasteiger partial charge in [0.15, 0.2) is 0 Å². The number of aliphatic hydroxyl groups excluding tert-OH is 1. The van der Waals surface area contributed by atoms with Crippen molar-refractivity contribution in [3.05, 3.63) is 47.8 Å². The van der Waals surface area contributed by atoms with E-state index in [9.17, 15) is 5.11 Å². The van der Waals surface area contributed by atoms with Crippen LogP contribution in [-0.2, 0) is 13.5 Å². The quantitative estimate of drug-likeness (QED) is 0.841. The van der Waals surface area contributed by atoms with Crippen LogP contribution >= 0.6 is 11.8 Å². The van der Waals surface area contributed by atoms with Crippen LogP contribution in [0.15, 0.2) is 41.4 Å². The van der Waals surface area contributed by atoms with Crippen molar-refractivity contribution in [2.24, 2.45) is 7.05 Å². The SMILES string of the molecule is Cc1ccccc1SCC(O)Cc1ccn(C)n1. The summed E-state index contributed by atoms with van der Waals surface area (Å²) in [7, 11) is 1.89. The molecule has 0 fully saturated rings. The van der Waals surface area contributed by atoms with Crippen LogP contribution in [0.4, 0.5) is 0 Å². The molecule has 1 unspecified atom stereocenters. The zero-order chi connectivity index (χ0) is 13.0. The highest BCUT2D eigenvalue weighted by Crippen LogP contribution is 2.23. The highest BCUT2D eigenvalue weighted by Gasteiger charge is 2.09. The second-order valence-corrected chi connectivity index (χ2v) is 5.48. The van der Waals surface area contributed by atoms with E-state index in [-0.39, 0.29) is 6.10 Å². The van der Waals surface area contributed by atoms with E-state index < -0.39 is 0 Å². The standard InChI is InChI=1S/C14H18N2OS/c1-11-5-3-4-6-14(11)18-10-13(17)9-12-7-8-16(2)15-12/h3-8,13,17H,9-10H2,1-2H3. The molecule has 0 bridgehead atoms. The van der Waals surface area contributed by atoms with Crippen molar-refractivity contribution in [3.8, 4) is 0 Å². The largest absolute Gasteiger partial charge is 0.392 e. The number of thioether (sulfide) groups is 1. The lowest BCUT2D eigenvalue weighted by Crippen LogP contribution is -2.14. The zero-order valence-electron chi connectivity index (χ0n) is 10.7. The molecular weight excluding hydrogens is 244 g/mol. The van der Waals surface area contributed by atoms with Crippen LogP contribution in [0.2, 0.25) is 0 Å². The van der Waals surface area contributed by atoms with Gasteiger partial charge in [0.25, 0.3) is 0 Å². The monoisotopic (exact) mass is 262 g/mol. The third-order valence-corrected chi connectivity index (χ3v) is 4.06. The molecule has 2 aromatic rings. The molecule has 0 spiro atoms. The molecule has 3 nitrogen and oxygen atoms in total. The summed E-state index contributed by atoms with van der Waals surface area (Å²) in [6, 6.07) is 10.2. The first kappa shape index (κ1) is 13.2. The van der Waals surface area contributed by atoms with E-state index in [0.29, 0.717) is 12.2 Å². The van der Waals surface area contributed by atoms with Crippen molar-refractivity contribution in [2.45, 2.75) is 24.3 Å². The Kier molecular flexibility index (Phi) is 4.44. The Labute approximate surface area is 112 Å². The van der Waals surface area contributed by atoms with Gasteiger partial charge >= 0.3 is 0 Å². The molecule has 0 saturated heterocycles. The average molecular weight is 262 g/mol. The molecule has 0 aliphatic heterocycles. The summed E-state index contributed by atoms with van der Waals surface area (Å²) < 4.78 is 1.76. The van der Waals surface area contributed by atoms with Crippen LogP contribution < -0.4 is 0 Å². The molecular formula is C14H18N2OS. The molecule has 2 rings (SSSR count). The van der Waals surface area contributed by atoms with E-state index in [1.807, 2.05) is 31.4 Å². The van der Waals surface area contributed by atoms with Crippen LogP contribution in [0.25, 0.3) is 0 Å². The predicted molar refractivity (Wildman–Crippen MR) is 74.8 cm³/mol. The van der Waals surface area contributed by atoms with Crippen molar-refractivity contribution in [2.75, 3.05) is 5.75 Å². The van der Waals surface area contributed by atoms with Crippen LogP contribution in [0.3, 0.4) is 0 Å². The molecule has 1 heterocycles. The van der Waals surface area contributed by atoms with Gasteiger partial charge < -0.3 is 5.11 Å². The van der Waals surface area contributed by atoms with Crippen LogP contribution in [0.1, 0.15) is 11.3 Å². The summed E-state index contributed by atoms with van der Waals surface area (Å²) in [5.74, 6) is 0.696. The van der Waals surface area contributed by atoms with Gasteiger partial charge in [0.05, 0.1) is 11.8 Å².